The number of rotatable bonds is 4. The monoisotopic (exact) mass is 327 g/mol. The smallest absolute Gasteiger partial charge is 0.270 e. The number of ether oxygens (including phenoxy) is 1. The van der Waals surface area contributed by atoms with E-state index in [1.807, 2.05) is 12.1 Å². The molecule has 1 aliphatic carbocycles. The van der Waals surface area contributed by atoms with Crippen LogP contribution in [0.3, 0.4) is 0 Å². The number of carbonyl (C=O) groups is 1. The summed E-state index contributed by atoms with van der Waals surface area (Å²) in [5, 5.41) is 12.8. The molecule has 6 heteroatoms. The molecule has 1 aromatic carbocycles. The van der Waals surface area contributed by atoms with Gasteiger partial charge in [-0.05, 0) is 42.0 Å². The Kier molecular flexibility index (Phi) is 3.76. The normalized spacial score (nSPS) is 23.1. The summed E-state index contributed by atoms with van der Waals surface area (Å²) in [7, 11) is 1.80. The zero-order valence-corrected chi connectivity index (χ0v) is 13.6. The highest BCUT2D eigenvalue weighted by Gasteiger charge is 2.36. The van der Waals surface area contributed by atoms with Crippen LogP contribution in [0, 0.1) is 5.92 Å². The van der Waals surface area contributed by atoms with Gasteiger partial charge in [-0.25, -0.2) is 4.98 Å². The van der Waals surface area contributed by atoms with Crippen LogP contribution in [0.5, 0.6) is 5.75 Å². The lowest BCUT2D eigenvalue weighted by Crippen LogP contribution is -2.41. The lowest BCUT2D eigenvalue weighted by molar-refractivity contribution is 0.0234. The van der Waals surface area contributed by atoms with Crippen LogP contribution >= 0.6 is 0 Å². The summed E-state index contributed by atoms with van der Waals surface area (Å²) in [6, 6.07) is 6.02. The third kappa shape index (κ3) is 2.67. The average Bonchev–Trinajstić information content (AvgIpc) is 3.17. The van der Waals surface area contributed by atoms with E-state index < -0.39 is 0 Å². The first kappa shape index (κ1) is 15.2. The molecule has 0 bridgehead atoms. The standard InChI is InChI=1S/C18H21N3O3/c1-21-10-19-9-15(21)18(23)20-17(13-7-14(22)8-13)12-2-3-16-11(6-12)4-5-24-16/h2-3,6,9-10,13-14,17,22H,4-5,7-8H2,1H3,(H,20,23). The van der Waals surface area contributed by atoms with Gasteiger partial charge in [-0.15, -0.1) is 0 Å². The number of fused-ring (bicyclic) bond motifs is 1. The number of nitrogens with zero attached hydrogens (tertiary/aromatic N) is 2. The van der Waals surface area contributed by atoms with Gasteiger partial charge < -0.3 is 19.7 Å². The van der Waals surface area contributed by atoms with E-state index in [0.29, 0.717) is 25.1 Å². The highest BCUT2D eigenvalue weighted by Crippen LogP contribution is 2.39. The largest absolute Gasteiger partial charge is 0.493 e. The molecule has 4 rings (SSSR count). The number of hydrogen-bond acceptors (Lipinski definition) is 4. The molecule has 2 heterocycles. The Morgan fingerprint density at radius 1 is 1.46 bits per heavy atom. The van der Waals surface area contributed by atoms with Crippen LogP contribution in [0.25, 0.3) is 0 Å². The van der Waals surface area contributed by atoms with Crippen LogP contribution in [0.2, 0.25) is 0 Å². The molecule has 0 radical (unpaired) electrons. The van der Waals surface area contributed by atoms with E-state index in [0.717, 1.165) is 17.7 Å². The topological polar surface area (TPSA) is 76.4 Å². The third-order valence-electron chi connectivity index (χ3n) is 5.03. The van der Waals surface area contributed by atoms with Crippen LogP contribution in [0.4, 0.5) is 0 Å². The number of amides is 1. The van der Waals surface area contributed by atoms with E-state index in [1.54, 1.807) is 24.1 Å². The van der Waals surface area contributed by atoms with E-state index in [9.17, 15) is 9.90 Å². The lowest BCUT2D eigenvalue weighted by atomic mass is 9.75. The zero-order chi connectivity index (χ0) is 16.7. The number of aliphatic hydroxyl groups excluding tert-OH is 1. The predicted octanol–water partition coefficient (Wildman–Crippen LogP) is 1.60. The molecule has 1 atom stereocenters. The van der Waals surface area contributed by atoms with Crippen molar-refractivity contribution in [2.45, 2.75) is 31.4 Å². The Morgan fingerprint density at radius 3 is 3.00 bits per heavy atom. The van der Waals surface area contributed by atoms with Gasteiger partial charge in [0, 0.05) is 13.5 Å². The van der Waals surface area contributed by atoms with Crippen LogP contribution in [-0.2, 0) is 13.5 Å². The molecule has 1 aliphatic heterocycles. The van der Waals surface area contributed by atoms with Crippen molar-refractivity contribution in [3.63, 3.8) is 0 Å². The Labute approximate surface area is 140 Å². The van der Waals surface area contributed by atoms with Crippen molar-refractivity contribution < 1.29 is 14.6 Å². The fraction of sp³-hybridized carbons (Fsp3) is 0.444. The summed E-state index contributed by atoms with van der Waals surface area (Å²) in [5.41, 5.74) is 2.79. The van der Waals surface area contributed by atoms with Gasteiger partial charge in [-0.2, -0.15) is 0 Å². The number of hydrogen-bond donors (Lipinski definition) is 2. The quantitative estimate of drug-likeness (QED) is 0.894. The van der Waals surface area contributed by atoms with E-state index in [2.05, 4.69) is 16.4 Å². The number of aliphatic hydroxyl groups is 1. The molecule has 2 aliphatic rings. The Hall–Kier alpha value is -2.34. The Balaban J connectivity index is 1.60. The number of carbonyl (C=O) groups excluding carboxylic acids is 1. The van der Waals surface area contributed by atoms with Crippen molar-refractivity contribution in [3.05, 3.63) is 47.5 Å². The first-order valence-corrected chi connectivity index (χ1v) is 8.32. The van der Waals surface area contributed by atoms with E-state index in [4.69, 9.17) is 4.74 Å². The number of imidazole rings is 1. The first-order valence-electron chi connectivity index (χ1n) is 8.32. The highest BCUT2D eigenvalue weighted by molar-refractivity contribution is 5.92. The summed E-state index contributed by atoms with van der Waals surface area (Å²) in [4.78, 5) is 16.6. The van der Waals surface area contributed by atoms with Crippen molar-refractivity contribution in [1.29, 1.82) is 0 Å². The van der Waals surface area contributed by atoms with Gasteiger partial charge in [0.05, 0.1) is 31.3 Å². The van der Waals surface area contributed by atoms with Crippen molar-refractivity contribution in [3.8, 4) is 5.75 Å². The molecule has 2 N–H and O–H groups in total. The van der Waals surface area contributed by atoms with Gasteiger partial charge in [0.1, 0.15) is 11.4 Å². The molecule has 24 heavy (non-hydrogen) atoms. The van der Waals surface area contributed by atoms with Gasteiger partial charge in [-0.1, -0.05) is 6.07 Å². The number of aromatic nitrogens is 2. The van der Waals surface area contributed by atoms with Crippen molar-refractivity contribution in [2.75, 3.05) is 6.61 Å². The molecular weight excluding hydrogens is 306 g/mol. The second-order valence-electron chi connectivity index (χ2n) is 6.69. The van der Waals surface area contributed by atoms with Gasteiger partial charge in [0.15, 0.2) is 0 Å². The molecule has 0 saturated heterocycles. The third-order valence-corrected chi connectivity index (χ3v) is 5.03. The minimum Gasteiger partial charge on any atom is -0.493 e. The van der Waals surface area contributed by atoms with Crippen LogP contribution in [-0.4, -0.2) is 33.3 Å². The second kappa shape index (κ2) is 5.94. The van der Waals surface area contributed by atoms with Crippen molar-refractivity contribution in [2.24, 2.45) is 13.0 Å². The second-order valence-corrected chi connectivity index (χ2v) is 6.69. The summed E-state index contributed by atoms with van der Waals surface area (Å²) in [5.74, 6) is 1.04. The van der Waals surface area contributed by atoms with Crippen molar-refractivity contribution in [1.82, 2.24) is 14.9 Å². The summed E-state index contributed by atoms with van der Waals surface area (Å²) < 4.78 is 7.27. The van der Waals surface area contributed by atoms with E-state index in [1.165, 1.54) is 5.56 Å². The number of aryl methyl sites for hydroxylation is 1. The molecule has 1 aromatic heterocycles. The molecule has 1 saturated carbocycles. The van der Waals surface area contributed by atoms with E-state index in [-0.39, 0.29) is 24.0 Å². The molecule has 6 nitrogen and oxygen atoms in total. The molecule has 126 valence electrons. The van der Waals surface area contributed by atoms with E-state index >= 15 is 0 Å². The van der Waals surface area contributed by atoms with Gasteiger partial charge in [0.25, 0.3) is 5.91 Å². The summed E-state index contributed by atoms with van der Waals surface area (Å²) in [6.07, 6.45) is 5.25. The predicted molar refractivity (Wildman–Crippen MR) is 87.8 cm³/mol. The Bertz CT molecular complexity index is 765. The average molecular weight is 327 g/mol. The minimum absolute atomic E-state index is 0.110. The molecular formula is C18H21N3O3. The molecule has 2 aromatic rings. The van der Waals surface area contributed by atoms with Gasteiger partial charge in [0.2, 0.25) is 0 Å². The maximum absolute atomic E-state index is 12.6. The van der Waals surface area contributed by atoms with Crippen LogP contribution in [0.1, 0.15) is 40.5 Å². The summed E-state index contributed by atoms with van der Waals surface area (Å²) in [6.45, 7) is 0.715. The Morgan fingerprint density at radius 2 is 2.29 bits per heavy atom. The lowest BCUT2D eigenvalue weighted by Gasteiger charge is -2.38. The van der Waals surface area contributed by atoms with Gasteiger partial charge in [-0.3, -0.25) is 4.79 Å². The number of benzene rings is 1. The molecule has 1 unspecified atom stereocenters. The highest BCUT2D eigenvalue weighted by atomic mass is 16.5. The number of nitrogens with one attached hydrogen (secondary N) is 1. The summed E-state index contributed by atoms with van der Waals surface area (Å²) >= 11 is 0. The van der Waals surface area contributed by atoms with Crippen LogP contribution < -0.4 is 10.1 Å². The molecule has 1 amide bonds. The maximum Gasteiger partial charge on any atom is 0.270 e. The first-order chi connectivity index (χ1) is 11.6. The fourth-order valence-electron chi connectivity index (χ4n) is 3.57. The molecule has 0 spiro atoms. The van der Waals surface area contributed by atoms with Crippen LogP contribution in [0.15, 0.2) is 30.7 Å². The minimum atomic E-state index is -0.260. The zero-order valence-electron chi connectivity index (χ0n) is 13.6. The SMILES string of the molecule is Cn1cncc1C(=O)NC(c1ccc2c(c1)CCO2)C1CC(O)C1. The van der Waals surface area contributed by atoms with Gasteiger partial charge >= 0.3 is 0 Å². The van der Waals surface area contributed by atoms with Crippen molar-refractivity contribution >= 4 is 5.91 Å². The molecule has 1 fully saturated rings. The maximum atomic E-state index is 12.6. The fourth-order valence-corrected chi connectivity index (χ4v) is 3.57.